The van der Waals surface area contributed by atoms with E-state index in [0.29, 0.717) is 28.2 Å². The van der Waals surface area contributed by atoms with E-state index in [9.17, 15) is 4.79 Å². The van der Waals surface area contributed by atoms with Gasteiger partial charge in [-0.3, -0.25) is 9.89 Å². The van der Waals surface area contributed by atoms with Gasteiger partial charge in [0.2, 0.25) is 5.95 Å². The van der Waals surface area contributed by atoms with E-state index in [1.54, 1.807) is 13.2 Å². The fourth-order valence-corrected chi connectivity index (χ4v) is 3.98. The van der Waals surface area contributed by atoms with Gasteiger partial charge in [-0.15, -0.1) is 0 Å². The quantitative estimate of drug-likeness (QED) is 0.242. The predicted octanol–water partition coefficient (Wildman–Crippen LogP) is 5.83. The number of aryl methyl sites for hydroxylation is 1. The summed E-state index contributed by atoms with van der Waals surface area (Å²) in [6.45, 7) is 1.91. The van der Waals surface area contributed by atoms with Crippen molar-refractivity contribution in [2.24, 2.45) is 0 Å². The number of benzene rings is 3. The molecule has 9 heteroatoms. The average molecular weight is 484 g/mol. The minimum Gasteiger partial charge on any atom is -0.355 e. The first-order valence-electron chi connectivity index (χ1n) is 10.9. The number of hydrogen-bond acceptors (Lipinski definition) is 6. The Balaban J connectivity index is 1.47. The van der Waals surface area contributed by atoms with Gasteiger partial charge in [-0.25, -0.2) is 4.98 Å². The van der Waals surface area contributed by atoms with Gasteiger partial charge in [-0.05, 0) is 41.6 Å². The standard InChI is InChI=1S/C26H22ClN7O/c1-15-13-23(34-33-15)31-24-21(27)14-29-26(32-24)30-22-12-11-18(19-5-3-4-6-20(19)22)16-7-9-17(10-8-16)25(35)28-2/h3-14H,1-2H3,(H,28,35)(H3,29,30,31,32,33,34). The second-order valence-corrected chi connectivity index (χ2v) is 8.35. The van der Waals surface area contributed by atoms with Crippen LogP contribution in [0.1, 0.15) is 16.1 Å². The molecule has 4 N–H and O–H groups in total. The van der Waals surface area contributed by atoms with Gasteiger partial charge in [0.25, 0.3) is 5.91 Å². The van der Waals surface area contributed by atoms with Crippen molar-refractivity contribution in [1.82, 2.24) is 25.5 Å². The third kappa shape index (κ3) is 4.64. The van der Waals surface area contributed by atoms with E-state index in [1.165, 1.54) is 0 Å². The lowest BCUT2D eigenvalue weighted by Crippen LogP contribution is -2.17. The number of carbonyl (C=O) groups is 1. The fraction of sp³-hybridized carbons (Fsp3) is 0.0769. The van der Waals surface area contributed by atoms with Gasteiger partial charge in [0.05, 0.1) is 6.20 Å². The number of rotatable bonds is 6. The second kappa shape index (κ2) is 9.44. The predicted molar refractivity (Wildman–Crippen MR) is 140 cm³/mol. The van der Waals surface area contributed by atoms with E-state index >= 15 is 0 Å². The molecule has 0 fully saturated rings. The summed E-state index contributed by atoms with van der Waals surface area (Å²) < 4.78 is 0. The Hall–Kier alpha value is -4.43. The van der Waals surface area contributed by atoms with E-state index in [-0.39, 0.29) is 5.91 Å². The molecule has 5 aromatic rings. The first-order chi connectivity index (χ1) is 17.0. The van der Waals surface area contributed by atoms with Crippen molar-refractivity contribution >= 4 is 51.6 Å². The molecule has 2 aromatic heterocycles. The summed E-state index contributed by atoms with van der Waals surface area (Å²) in [5.74, 6) is 1.36. The number of halogens is 1. The molecule has 174 valence electrons. The Kier molecular flexibility index (Phi) is 6.03. The summed E-state index contributed by atoms with van der Waals surface area (Å²) in [5, 5.41) is 18.6. The SMILES string of the molecule is CNC(=O)c1ccc(-c2ccc(Nc3ncc(Cl)c(Nc4cc(C)[nH]n4)n3)c3ccccc23)cc1. The number of amides is 1. The Morgan fingerprint density at radius 3 is 2.46 bits per heavy atom. The van der Waals surface area contributed by atoms with E-state index < -0.39 is 0 Å². The number of aromatic amines is 1. The highest BCUT2D eigenvalue weighted by Crippen LogP contribution is 2.35. The second-order valence-electron chi connectivity index (χ2n) is 7.94. The molecule has 0 saturated heterocycles. The van der Waals surface area contributed by atoms with E-state index in [2.05, 4.69) is 42.2 Å². The highest BCUT2D eigenvalue weighted by atomic mass is 35.5. The molecule has 3 aromatic carbocycles. The van der Waals surface area contributed by atoms with Gasteiger partial charge in [-0.1, -0.05) is 54.1 Å². The first-order valence-corrected chi connectivity index (χ1v) is 11.3. The zero-order chi connectivity index (χ0) is 24.4. The van der Waals surface area contributed by atoms with Gasteiger partial charge in [0, 0.05) is 35.4 Å². The van der Waals surface area contributed by atoms with Crippen LogP contribution in [0, 0.1) is 6.92 Å². The van der Waals surface area contributed by atoms with Gasteiger partial charge in [0.15, 0.2) is 11.6 Å². The van der Waals surface area contributed by atoms with Crippen LogP contribution in [0.25, 0.3) is 21.9 Å². The molecule has 0 atom stereocenters. The molecule has 0 aliphatic heterocycles. The van der Waals surface area contributed by atoms with E-state index in [1.807, 2.05) is 67.6 Å². The highest BCUT2D eigenvalue weighted by molar-refractivity contribution is 6.32. The number of nitrogens with one attached hydrogen (secondary N) is 4. The van der Waals surface area contributed by atoms with Crippen LogP contribution in [0.3, 0.4) is 0 Å². The van der Waals surface area contributed by atoms with Crippen LogP contribution in [0.4, 0.5) is 23.3 Å². The Bertz CT molecular complexity index is 1530. The third-order valence-corrected chi connectivity index (χ3v) is 5.83. The zero-order valence-corrected chi connectivity index (χ0v) is 19.8. The number of anilines is 4. The van der Waals surface area contributed by atoms with Crippen LogP contribution in [-0.4, -0.2) is 33.1 Å². The molecule has 8 nitrogen and oxygen atoms in total. The van der Waals surface area contributed by atoms with E-state index in [0.717, 1.165) is 33.3 Å². The Morgan fingerprint density at radius 1 is 0.971 bits per heavy atom. The average Bonchev–Trinajstić information content (AvgIpc) is 3.30. The molecular formula is C26H22ClN7O. The summed E-state index contributed by atoms with van der Waals surface area (Å²) in [5.41, 5.74) is 4.47. The lowest BCUT2D eigenvalue weighted by atomic mass is 9.96. The number of aromatic nitrogens is 4. The van der Waals surface area contributed by atoms with Crippen molar-refractivity contribution in [3.8, 4) is 11.1 Å². The molecule has 0 bridgehead atoms. The van der Waals surface area contributed by atoms with Crippen molar-refractivity contribution in [3.05, 3.63) is 89.2 Å². The summed E-state index contributed by atoms with van der Waals surface area (Å²) >= 11 is 6.30. The van der Waals surface area contributed by atoms with Gasteiger partial charge >= 0.3 is 0 Å². The van der Waals surface area contributed by atoms with Crippen molar-refractivity contribution in [2.75, 3.05) is 17.7 Å². The van der Waals surface area contributed by atoms with Crippen LogP contribution < -0.4 is 16.0 Å². The molecule has 0 radical (unpaired) electrons. The first kappa shape index (κ1) is 22.4. The molecule has 5 rings (SSSR count). The van der Waals surface area contributed by atoms with E-state index in [4.69, 9.17) is 11.6 Å². The van der Waals surface area contributed by atoms with Crippen molar-refractivity contribution in [3.63, 3.8) is 0 Å². The van der Waals surface area contributed by atoms with Crippen LogP contribution in [-0.2, 0) is 0 Å². The molecule has 0 aliphatic carbocycles. The topological polar surface area (TPSA) is 108 Å². The third-order valence-electron chi connectivity index (χ3n) is 5.55. The van der Waals surface area contributed by atoms with Gasteiger partial charge in [0.1, 0.15) is 5.02 Å². The largest absolute Gasteiger partial charge is 0.355 e. The molecular weight excluding hydrogens is 462 g/mol. The molecule has 1 amide bonds. The van der Waals surface area contributed by atoms with Gasteiger partial charge in [-0.2, -0.15) is 10.1 Å². The summed E-state index contributed by atoms with van der Waals surface area (Å²) in [6.07, 6.45) is 1.54. The molecule has 0 spiro atoms. The van der Waals surface area contributed by atoms with Crippen LogP contribution in [0.2, 0.25) is 5.02 Å². The van der Waals surface area contributed by atoms with Crippen molar-refractivity contribution in [2.45, 2.75) is 6.92 Å². The molecule has 0 saturated carbocycles. The maximum atomic E-state index is 11.9. The minimum absolute atomic E-state index is 0.111. The van der Waals surface area contributed by atoms with Crippen molar-refractivity contribution < 1.29 is 4.79 Å². The number of nitrogens with zero attached hydrogens (tertiary/aromatic N) is 3. The van der Waals surface area contributed by atoms with Gasteiger partial charge < -0.3 is 16.0 Å². The number of fused-ring (bicyclic) bond motifs is 1. The lowest BCUT2D eigenvalue weighted by molar-refractivity contribution is 0.0963. The smallest absolute Gasteiger partial charge is 0.251 e. The summed E-state index contributed by atoms with van der Waals surface area (Å²) in [6, 6.07) is 21.6. The Labute approximate surface area is 206 Å². The molecule has 2 heterocycles. The maximum Gasteiger partial charge on any atom is 0.251 e. The maximum absolute atomic E-state index is 11.9. The van der Waals surface area contributed by atoms with Crippen LogP contribution >= 0.6 is 11.6 Å². The number of H-pyrrole nitrogens is 1. The summed E-state index contributed by atoms with van der Waals surface area (Å²) in [7, 11) is 1.62. The zero-order valence-electron chi connectivity index (χ0n) is 19.1. The highest BCUT2D eigenvalue weighted by Gasteiger charge is 2.12. The number of hydrogen-bond donors (Lipinski definition) is 4. The normalized spacial score (nSPS) is 10.8. The monoisotopic (exact) mass is 483 g/mol. The fourth-order valence-electron chi connectivity index (χ4n) is 3.84. The van der Waals surface area contributed by atoms with Crippen molar-refractivity contribution in [1.29, 1.82) is 0 Å². The Morgan fingerprint density at radius 2 is 1.74 bits per heavy atom. The lowest BCUT2D eigenvalue weighted by Gasteiger charge is -2.14. The van der Waals surface area contributed by atoms with Crippen LogP contribution in [0.15, 0.2) is 72.9 Å². The van der Waals surface area contributed by atoms with Crippen LogP contribution in [0.5, 0.6) is 0 Å². The number of carbonyl (C=O) groups excluding carboxylic acids is 1. The summed E-state index contributed by atoms with van der Waals surface area (Å²) in [4.78, 5) is 20.8. The molecule has 0 unspecified atom stereocenters. The molecule has 0 aliphatic rings. The minimum atomic E-state index is -0.111. The molecule has 35 heavy (non-hydrogen) atoms.